The van der Waals surface area contributed by atoms with Crippen LogP contribution < -0.4 is 9.80 Å². The topological polar surface area (TPSA) is 35.5 Å². The van der Waals surface area contributed by atoms with E-state index in [1.807, 2.05) is 11.3 Å². The minimum atomic E-state index is 0.775. The Bertz CT molecular complexity index is 1260. The zero-order valence-electron chi connectivity index (χ0n) is 19.8. The average Bonchev–Trinajstić information content (AvgIpc) is 3.27. The molecular weight excluding hydrogens is 438 g/mol. The molecule has 0 N–H and O–H groups in total. The summed E-state index contributed by atoms with van der Waals surface area (Å²) in [6, 6.07) is 21.4. The van der Waals surface area contributed by atoms with E-state index in [-0.39, 0.29) is 0 Å². The summed E-state index contributed by atoms with van der Waals surface area (Å²) in [6.07, 6.45) is 1.87. The van der Waals surface area contributed by atoms with E-state index < -0.39 is 0 Å². The second-order valence-corrected chi connectivity index (χ2v) is 10.3. The Kier molecular flexibility index (Phi) is 5.93. The first-order valence-electron chi connectivity index (χ1n) is 12.4. The number of likely N-dealkylation sites (N-methyl/N-ethyl adjacent to an activating group) is 1. The van der Waals surface area contributed by atoms with Gasteiger partial charge in [-0.25, -0.2) is 9.97 Å². The summed E-state index contributed by atoms with van der Waals surface area (Å²) in [5.41, 5.74) is 4.07. The zero-order chi connectivity index (χ0) is 22.9. The van der Waals surface area contributed by atoms with Crippen molar-refractivity contribution >= 4 is 33.1 Å². The summed E-state index contributed by atoms with van der Waals surface area (Å²) in [4.78, 5) is 20.5. The third-order valence-corrected chi connectivity index (χ3v) is 8.27. The van der Waals surface area contributed by atoms with Crippen LogP contribution in [0, 0.1) is 0 Å². The summed E-state index contributed by atoms with van der Waals surface area (Å²) in [5, 5.41) is 1.32. The first-order valence-corrected chi connectivity index (χ1v) is 13.2. The van der Waals surface area contributed by atoms with Crippen molar-refractivity contribution in [1.29, 1.82) is 0 Å². The Morgan fingerprint density at radius 3 is 2.26 bits per heavy atom. The standard InChI is InChI=1S/C28H31N5S/c1-2-31-14-13-23-24(20-31)34-28-26(23)27(29-25(30-28)19-21-9-5-3-6-10-21)33-17-15-32(16-18-33)22-11-7-4-8-12-22/h3-12H,2,13-20H2,1H3. The molecule has 6 heteroatoms. The molecule has 0 unspecified atom stereocenters. The van der Waals surface area contributed by atoms with E-state index >= 15 is 0 Å². The molecule has 2 aliphatic heterocycles. The van der Waals surface area contributed by atoms with Crippen LogP contribution in [0.25, 0.3) is 10.2 Å². The molecule has 174 valence electrons. The van der Waals surface area contributed by atoms with Crippen LogP contribution in [-0.4, -0.2) is 54.1 Å². The lowest BCUT2D eigenvalue weighted by atomic mass is 10.0. The maximum Gasteiger partial charge on any atom is 0.141 e. The van der Waals surface area contributed by atoms with E-state index in [9.17, 15) is 0 Å². The highest BCUT2D eigenvalue weighted by Crippen LogP contribution is 2.39. The lowest BCUT2D eigenvalue weighted by molar-refractivity contribution is 0.272. The molecule has 0 amide bonds. The van der Waals surface area contributed by atoms with Gasteiger partial charge in [0, 0.05) is 56.3 Å². The normalized spacial score (nSPS) is 16.7. The molecule has 2 aromatic carbocycles. The van der Waals surface area contributed by atoms with Gasteiger partial charge in [0.1, 0.15) is 16.5 Å². The van der Waals surface area contributed by atoms with Crippen molar-refractivity contribution in [2.24, 2.45) is 0 Å². The molecule has 0 saturated carbocycles. The number of hydrogen-bond acceptors (Lipinski definition) is 6. The molecule has 6 rings (SSSR count). The van der Waals surface area contributed by atoms with Gasteiger partial charge >= 0.3 is 0 Å². The van der Waals surface area contributed by atoms with E-state index in [0.29, 0.717) is 0 Å². The number of benzene rings is 2. The van der Waals surface area contributed by atoms with Crippen molar-refractivity contribution in [3.63, 3.8) is 0 Å². The van der Waals surface area contributed by atoms with Gasteiger partial charge in [-0.2, -0.15) is 0 Å². The van der Waals surface area contributed by atoms with Crippen LogP contribution in [0.1, 0.15) is 28.8 Å². The van der Waals surface area contributed by atoms with E-state index in [1.165, 1.54) is 31.9 Å². The summed E-state index contributed by atoms with van der Waals surface area (Å²) >= 11 is 1.89. The first-order chi connectivity index (χ1) is 16.8. The Balaban J connectivity index is 1.36. The predicted molar refractivity (Wildman–Crippen MR) is 142 cm³/mol. The van der Waals surface area contributed by atoms with E-state index in [4.69, 9.17) is 9.97 Å². The van der Waals surface area contributed by atoms with Crippen LogP contribution in [0.15, 0.2) is 60.7 Å². The van der Waals surface area contributed by atoms with E-state index in [0.717, 1.165) is 70.3 Å². The van der Waals surface area contributed by atoms with Crippen LogP contribution in [0.3, 0.4) is 0 Å². The van der Waals surface area contributed by atoms with Crippen molar-refractivity contribution in [3.8, 4) is 0 Å². The molecule has 34 heavy (non-hydrogen) atoms. The summed E-state index contributed by atoms with van der Waals surface area (Å²) in [5.74, 6) is 2.09. The van der Waals surface area contributed by atoms with Crippen LogP contribution in [-0.2, 0) is 19.4 Å². The lowest BCUT2D eigenvalue weighted by Gasteiger charge is -2.37. The second kappa shape index (κ2) is 9.35. The van der Waals surface area contributed by atoms with Crippen LogP contribution in [0.2, 0.25) is 0 Å². The molecule has 0 aliphatic carbocycles. The number of thiophene rings is 1. The molecule has 0 spiro atoms. The third kappa shape index (κ3) is 4.17. The number of para-hydroxylation sites is 1. The van der Waals surface area contributed by atoms with E-state index in [1.54, 1.807) is 0 Å². The zero-order valence-corrected chi connectivity index (χ0v) is 20.6. The van der Waals surface area contributed by atoms with Crippen LogP contribution in [0.5, 0.6) is 0 Å². The van der Waals surface area contributed by atoms with Gasteiger partial charge in [0.2, 0.25) is 0 Å². The lowest BCUT2D eigenvalue weighted by Crippen LogP contribution is -2.47. The van der Waals surface area contributed by atoms with Gasteiger partial charge in [0.05, 0.1) is 5.39 Å². The molecule has 0 radical (unpaired) electrons. The number of nitrogens with zero attached hydrogens (tertiary/aromatic N) is 5. The minimum Gasteiger partial charge on any atom is -0.368 e. The molecule has 0 atom stereocenters. The highest BCUT2D eigenvalue weighted by molar-refractivity contribution is 7.19. The van der Waals surface area contributed by atoms with Gasteiger partial charge < -0.3 is 9.80 Å². The van der Waals surface area contributed by atoms with Gasteiger partial charge in [0.15, 0.2) is 0 Å². The largest absolute Gasteiger partial charge is 0.368 e. The SMILES string of the molecule is CCN1CCc2c(sc3nc(Cc4ccccc4)nc(N4CCN(c5ccccc5)CC4)c23)C1. The number of piperazine rings is 1. The number of rotatable bonds is 5. The molecule has 4 heterocycles. The van der Waals surface area contributed by atoms with E-state index in [2.05, 4.69) is 82.3 Å². The fraction of sp³-hybridized carbons (Fsp3) is 0.357. The van der Waals surface area contributed by atoms with Crippen molar-refractivity contribution in [3.05, 3.63) is 82.5 Å². The molecule has 2 aliphatic rings. The van der Waals surface area contributed by atoms with Crippen LogP contribution >= 0.6 is 11.3 Å². The monoisotopic (exact) mass is 469 g/mol. The molecule has 0 bridgehead atoms. The van der Waals surface area contributed by atoms with Crippen molar-refractivity contribution in [2.45, 2.75) is 26.3 Å². The highest BCUT2D eigenvalue weighted by Gasteiger charge is 2.27. The minimum absolute atomic E-state index is 0.775. The van der Waals surface area contributed by atoms with Crippen molar-refractivity contribution < 1.29 is 0 Å². The number of anilines is 2. The molecular formula is C28H31N5S. The number of fused-ring (bicyclic) bond motifs is 3. The molecule has 2 aromatic heterocycles. The van der Waals surface area contributed by atoms with Gasteiger partial charge in [-0.1, -0.05) is 55.5 Å². The Hall–Kier alpha value is -2.96. The maximum atomic E-state index is 5.23. The maximum absolute atomic E-state index is 5.23. The summed E-state index contributed by atoms with van der Waals surface area (Å²) < 4.78 is 0. The molecule has 4 aromatic rings. The first kappa shape index (κ1) is 21.6. The van der Waals surface area contributed by atoms with Crippen molar-refractivity contribution in [2.75, 3.05) is 49.1 Å². The second-order valence-electron chi connectivity index (χ2n) is 9.24. The molecule has 1 saturated heterocycles. The average molecular weight is 470 g/mol. The fourth-order valence-corrected chi connectivity index (χ4v) is 6.52. The summed E-state index contributed by atoms with van der Waals surface area (Å²) in [6.45, 7) is 9.53. The quantitative estimate of drug-likeness (QED) is 0.412. The van der Waals surface area contributed by atoms with Gasteiger partial charge in [0.25, 0.3) is 0 Å². The number of aromatic nitrogens is 2. The highest BCUT2D eigenvalue weighted by atomic mass is 32.1. The summed E-state index contributed by atoms with van der Waals surface area (Å²) in [7, 11) is 0. The predicted octanol–water partition coefficient (Wildman–Crippen LogP) is 4.99. The van der Waals surface area contributed by atoms with Gasteiger partial charge in [-0.05, 0) is 36.2 Å². The number of hydrogen-bond donors (Lipinski definition) is 0. The van der Waals surface area contributed by atoms with Gasteiger partial charge in [-0.15, -0.1) is 11.3 Å². The van der Waals surface area contributed by atoms with Crippen molar-refractivity contribution in [1.82, 2.24) is 14.9 Å². The smallest absolute Gasteiger partial charge is 0.141 e. The van der Waals surface area contributed by atoms with Crippen LogP contribution in [0.4, 0.5) is 11.5 Å². The molecule has 5 nitrogen and oxygen atoms in total. The molecule has 1 fully saturated rings. The fourth-order valence-electron chi connectivity index (χ4n) is 5.24. The Morgan fingerprint density at radius 2 is 1.53 bits per heavy atom. The van der Waals surface area contributed by atoms with Gasteiger partial charge in [-0.3, -0.25) is 4.90 Å². The third-order valence-electron chi connectivity index (χ3n) is 7.16. The Morgan fingerprint density at radius 1 is 0.824 bits per heavy atom. The Labute approximate surface area is 205 Å².